The Morgan fingerprint density at radius 2 is 2.29 bits per heavy atom. The molecule has 120 valence electrons. The minimum atomic E-state index is -4.05. The van der Waals surface area contributed by atoms with Crippen molar-refractivity contribution in [1.82, 2.24) is 9.55 Å². The van der Waals surface area contributed by atoms with Crippen LogP contribution in [0.2, 0.25) is 0 Å². The molecule has 0 spiro atoms. The minimum absolute atomic E-state index is 0.0858. The number of nitrogen functional groups attached to an aromatic ring is 1. The second kappa shape index (κ2) is 6.55. The van der Waals surface area contributed by atoms with Crippen LogP contribution in [-0.2, 0) is 20.1 Å². The highest BCUT2D eigenvalue weighted by Crippen LogP contribution is 2.32. The van der Waals surface area contributed by atoms with E-state index in [0.717, 1.165) is 0 Å². The lowest BCUT2D eigenvalue weighted by Crippen LogP contribution is -2.28. The Bertz CT molecular complexity index is 609. The van der Waals surface area contributed by atoms with E-state index in [1.54, 1.807) is 0 Å². The van der Waals surface area contributed by atoms with Crippen LogP contribution in [0.1, 0.15) is 12.6 Å². The van der Waals surface area contributed by atoms with E-state index in [2.05, 4.69) is 4.98 Å². The fourth-order valence-corrected chi connectivity index (χ4v) is 2.90. The molecular formula is C9H16N3O7PS. The average Bonchev–Trinajstić information content (AvgIpc) is 2.69. The van der Waals surface area contributed by atoms with Gasteiger partial charge in [0.2, 0.25) is 0 Å². The molecule has 0 amide bonds. The fraction of sp³-hybridized carbons (Fsp3) is 0.556. The maximum absolute atomic E-state index is 11.7. The molecular weight excluding hydrogens is 325 g/mol. The van der Waals surface area contributed by atoms with Crippen molar-refractivity contribution < 1.29 is 28.7 Å². The van der Waals surface area contributed by atoms with Crippen molar-refractivity contribution in [2.75, 3.05) is 12.3 Å². The number of thiol groups is 1. The van der Waals surface area contributed by atoms with Crippen molar-refractivity contribution in [3.63, 3.8) is 0 Å². The van der Waals surface area contributed by atoms with Crippen molar-refractivity contribution in [2.45, 2.75) is 24.9 Å². The zero-order valence-electron chi connectivity index (χ0n) is 10.7. The van der Waals surface area contributed by atoms with E-state index in [4.69, 9.17) is 29.3 Å². The van der Waals surface area contributed by atoms with Gasteiger partial charge in [-0.15, -0.1) is 0 Å². The Morgan fingerprint density at radius 3 is 2.90 bits per heavy atom. The lowest BCUT2D eigenvalue weighted by Gasteiger charge is -2.15. The van der Waals surface area contributed by atoms with Gasteiger partial charge in [0.05, 0.1) is 12.7 Å². The van der Waals surface area contributed by atoms with Gasteiger partial charge in [0.25, 0.3) is 6.72 Å². The van der Waals surface area contributed by atoms with Crippen molar-refractivity contribution in [1.29, 1.82) is 0 Å². The second-order valence-corrected chi connectivity index (χ2v) is 7.98. The van der Waals surface area contributed by atoms with Crippen LogP contribution in [0.25, 0.3) is 0 Å². The molecule has 0 aromatic carbocycles. The van der Waals surface area contributed by atoms with Crippen molar-refractivity contribution in [2.24, 2.45) is 0 Å². The van der Waals surface area contributed by atoms with Gasteiger partial charge < -0.3 is 34.4 Å². The van der Waals surface area contributed by atoms with Crippen LogP contribution >= 0.6 is 6.72 Å². The third-order valence-corrected chi connectivity index (χ3v) is 4.26. The third kappa shape index (κ3) is 4.59. The predicted molar refractivity (Wildman–Crippen MR) is 75.7 cm³/mol. The highest BCUT2D eigenvalue weighted by atomic mass is 32.5. The van der Waals surface area contributed by atoms with Crippen LogP contribution < -0.4 is 11.4 Å². The van der Waals surface area contributed by atoms with Gasteiger partial charge in [-0.2, -0.15) is 4.98 Å². The molecule has 1 aromatic rings. The molecule has 3 atom stereocenters. The summed E-state index contributed by atoms with van der Waals surface area (Å²) >= 11 is -0.392. The molecule has 2 heterocycles. The SMILES string of the molecule is Nc1ccn([C@H]2C[C@H](O)[C@@H](CO[SH]=P(O)(O)O)O2)c(=O)n1. The second-order valence-electron chi connectivity index (χ2n) is 4.39. The summed E-state index contributed by atoms with van der Waals surface area (Å²) in [6.45, 7) is -4.21. The maximum atomic E-state index is 11.7. The molecule has 1 aliphatic heterocycles. The fourth-order valence-electron chi connectivity index (χ4n) is 1.87. The number of anilines is 1. The quantitative estimate of drug-likeness (QED) is 0.266. The number of nitrogens with two attached hydrogens (primary N) is 1. The summed E-state index contributed by atoms with van der Waals surface area (Å²) < 4.78 is 11.5. The Balaban J connectivity index is 2.02. The number of hydrogen-bond donors (Lipinski definition) is 6. The highest BCUT2D eigenvalue weighted by Gasteiger charge is 2.35. The standard InChI is InChI=1S/C9H16N3O7PS/c10-7-1-2-12(9(14)11-7)8-3-5(13)6(19-8)4-18-21-20(15,16)17/h1-2,5-6,8,13,15-17,21H,3-4H2,(H2,10,11,14)/t5-,6+,8+/m0/s1. The summed E-state index contributed by atoms with van der Waals surface area (Å²) in [5.41, 5.74) is 4.78. The summed E-state index contributed by atoms with van der Waals surface area (Å²) in [7, 11) is 0. The Hall–Kier alpha value is -0.780. The minimum Gasteiger partial charge on any atom is -0.390 e. The number of ether oxygens (including phenoxy) is 1. The summed E-state index contributed by atoms with van der Waals surface area (Å²) in [5, 5.41) is 9.85. The first-order valence-corrected chi connectivity index (χ1v) is 9.03. The van der Waals surface area contributed by atoms with Gasteiger partial charge in [-0.25, -0.2) is 4.79 Å². The van der Waals surface area contributed by atoms with Gasteiger partial charge in [-0.3, -0.25) is 4.57 Å². The van der Waals surface area contributed by atoms with Crippen LogP contribution in [0.4, 0.5) is 5.82 Å². The van der Waals surface area contributed by atoms with Crippen LogP contribution in [-0.4, -0.2) is 48.2 Å². The monoisotopic (exact) mass is 341 g/mol. The van der Waals surface area contributed by atoms with Crippen molar-refractivity contribution in [3.05, 3.63) is 22.7 Å². The van der Waals surface area contributed by atoms with Gasteiger partial charge in [0.1, 0.15) is 18.1 Å². The maximum Gasteiger partial charge on any atom is 0.351 e. The highest BCUT2D eigenvalue weighted by molar-refractivity contribution is 8.13. The Labute approximate surface area is 122 Å². The van der Waals surface area contributed by atoms with Gasteiger partial charge in [-0.1, -0.05) is 0 Å². The summed E-state index contributed by atoms with van der Waals surface area (Å²) in [6, 6.07) is 1.43. The molecule has 2 rings (SSSR count). The summed E-state index contributed by atoms with van der Waals surface area (Å²) in [6.07, 6.45) is -0.830. The molecule has 0 bridgehead atoms. The molecule has 6 N–H and O–H groups in total. The number of rotatable bonds is 4. The summed E-state index contributed by atoms with van der Waals surface area (Å²) in [5.74, 6) is 0.0858. The number of aliphatic hydroxyl groups excluding tert-OH is 1. The van der Waals surface area contributed by atoms with E-state index < -0.39 is 42.1 Å². The van der Waals surface area contributed by atoms with E-state index in [-0.39, 0.29) is 18.8 Å². The van der Waals surface area contributed by atoms with Crippen LogP contribution in [0.5, 0.6) is 0 Å². The van der Waals surface area contributed by atoms with Gasteiger partial charge >= 0.3 is 5.69 Å². The van der Waals surface area contributed by atoms with Crippen molar-refractivity contribution >= 4 is 23.8 Å². The first-order chi connectivity index (χ1) is 9.76. The molecule has 1 saturated heterocycles. The lowest BCUT2D eigenvalue weighted by molar-refractivity contribution is -0.0378. The molecule has 21 heavy (non-hydrogen) atoms. The first kappa shape index (κ1) is 16.6. The average molecular weight is 341 g/mol. The van der Waals surface area contributed by atoms with Gasteiger partial charge in [0.15, 0.2) is 0 Å². The molecule has 0 unspecified atom stereocenters. The normalized spacial score (nSPS) is 26.2. The molecule has 1 aliphatic rings. The zero-order valence-corrected chi connectivity index (χ0v) is 12.5. The van der Waals surface area contributed by atoms with E-state index in [9.17, 15) is 9.90 Å². The molecule has 12 heteroatoms. The number of nitrogens with zero attached hydrogens (tertiary/aromatic N) is 2. The molecule has 10 nitrogen and oxygen atoms in total. The van der Waals surface area contributed by atoms with Gasteiger partial charge in [0, 0.05) is 12.6 Å². The van der Waals surface area contributed by atoms with Gasteiger partial charge in [-0.05, 0) is 17.3 Å². The molecule has 0 saturated carbocycles. The molecule has 0 aliphatic carbocycles. The van der Waals surface area contributed by atoms with Crippen LogP contribution in [0.15, 0.2) is 17.1 Å². The molecule has 1 aromatic heterocycles. The number of hydrogen-bond acceptors (Lipinski definition) is 6. The topological polar surface area (TPSA) is 160 Å². The number of aliphatic hydroxyl groups is 1. The summed E-state index contributed by atoms with van der Waals surface area (Å²) in [4.78, 5) is 41.5. The van der Waals surface area contributed by atoms with E-state index in [0.29, 0.717) is 0 Å². The predicted octanol–water partition coefficient (Wildman–Crippen LogP) is -2.13. The smallest absolute Gasteiger partial charge is 0.351 e. The lowest BCUT2D eigenvalue weighted by atomic mass is 10.2. The van der Waals surface area contributed by atoms with Crippen molar-refractivity contribution in [3.8, 4) is 0 Å². The zero-order chi connectivity index (χ0) is 15.6. The molecule has 0 radical (unpaired) electrons. The Morgan fingerprint density at radius 1 is 1.57 bits per heavy atom. The largest absolute Gasteiger partial charge is 0.390 e. The first-order valence-electron chi connectivity index (χ1n) is 5.86. The third-order valence-electron chi connectivity index (χ3n) is 2.77. The van der Waals surface area contributed by atoms with Crippen LogP contribution in [0.3, 0.4) is 0 Å². The number of aromatic nitrogens is 2. The van der Waals surface area contributed by atoms with E-state index >= 15 is 0 Å². The van der Waals surface area contributed by atoms with E-state index in [1.165, 1.54) is 16.8 Å². The van der Waals surface area contributed by atoms with E-state index in [1.807, 2.05) is 0 Å². The Kier molecular flexibility index (Phi) is 5.17. The van der Waals surface area contributed by atoms with Crippen LogP contribution in [0, 0.1) is 0 Å². The molecule has 1 fully saturated rings.